The standard InChI is InChI=1S/C19H27NO2.ClH/c1-18(2)11-16-17-9-13-5-6-14(21-4)10-15(13)19(16,12-22-18)7-8-20(17)3;/h5-6,10,16-17H,7-9,11-12H2,1-4H3;1H/t16-,17+,19+;/m0./s1. The molecule has 2 fully saturated rings. The van der Waals surface area contributed by atoms with E-state index < -0.39 is 0 Å². The molecule has 0 N–H and O–H groups in total. The highest BCUT2D eigenvalue weighted by Gasteiger charge is 2.56. The minimum atomic E-state index is 0. The van der Waals surface area contributed by atoms with E-state index in [1.54, 1.807) is 7.11 Å². The van der Waals surface area contributed by atoms with Crippen molar-refractivity contribution in [2.45, 2.75) is 50.2 Å². The molecule has 0 unspecified atom stereocenters. The first-order valence-corrected chi connectivity index (χ1v) is 8.47. The molecule has 0 amide bonds. The Morgan fingerprint density at radius 1 is 1.30 bits per heavy atom. The van der Waals surface area contributed by atoms with Crippen LogP contribution in [0.4, 0.5) is 0 Å². The number of fused-ring (bicyclic) bond motifs is 1. The van der Waals surface area contributed by atoms with Crippen molar-refractivity contribution in [3.05, 3.63) is 29.3 Å². The van der Waals surface area contributed by atoms with E-state index in [1.165, 1.54) is 30.5 Å². The zero-order valence-corrected chi connectivity index (χ0v) is 15.4. The number of methoxy groups -OCH3 is 1. The molecule has 3 atom stereocenters. The summed E-state index contributed by atoms with van der Waals surface area (Å²) < 4.78 is 11.8. The molecule has 128 valence electrons. The van der Waals surface area contributed by atoms with Crippen molar-refractivity contribution < 1.29 is 9.47 Å². The summed E-state index contributed by atoms with van der Waals surface area (Å²) in [6.07, 6.45) is 3.51. The fraction of sp³-hybridized carbons (Fsp3) is 0.684. The molecule has 0 radical (unpaired) electrons. The number of hydrogen-bond acceptors (Lipinski definition) is 3. The quantitative estimate of drug-likeness (QED) is 0.783. The van der Waals surface area contributed by atoms with Crippen LogP contribution < -0.4 is 4.74 Å². The molecule has 23 heavy (non-hydrogen) atoms. The first-order valence-electron chi connectivity index (χ1n) is 8.47. The van der Waals surface area contributed by atoms with Crippen LogP contribution in [0.5, 0.6) is 5.75 Å². The molecule has 1 aromatic carbocycles. The minimum Gasteiger partial charge on any atom is -0.497 e. The molecule has 0 spiro atoms. The first-order chi connectivity index (χ1) is 10.5. The predicted molar refractivity (Wildman–Crippen MR) is 94.8 cm³/mol. The van der Waals surface area contributed by atoms with Crippen LogP contribution in [0.15, 0.2) is 18.2 Å². The van der Waals surface area contributed by atoms with Gasteiger partial charge in [-0.05, 0) is 75.9 Å². The Bertz CT molecular complexity index is 603. The average molecular weight is 338 g/mol. The van der Waals surface area contributed by atoms with E-state index >= 15 is 0 Å². The van der Waals surface area contributed by atoms with Gasteiger partial charge in [0.25, 0.3) is 0 Å². The number of nitrogens with zero attached hydrogens (tertiary/aromatic N) is 1. The van der Waals surface area contributed by atoms with Crippen LogP contribution in [0.2, 0.25) is 0 Å². The summed E-state index contributed by atoms with van der Waals surface area (Å²) in [5.41, 5.74) is 3.18. The molecular formula is C19H28ClNO2. The lowest BCUT2D eigenvalue weighted by molar-refractivity contribution is -0.153. The molecule has 0 saturated carbocycles. The predicted octanol–water partition coefficient (Wildman–Crippen LogP) is 3.43. The number of hydrogen-bond donors (Lipinski definition) is 0. The monoisotopic (exact) mass is 337 g/mol. The Labute approximate surface area is 145 Å². The van der Waals surface area contributed by atoms with Gasteiger partial charge in [-0.1, -0.05) is 6.07 Å². The first kappa shape index (κ1) is 17.1. The van der Waals surface area contributed by atoms with E-state index in [2.05, 4.69) is 44.0 Å². The molecule has 2 saturated heterocycles. The molecule has 3 nitrogen and oxygen atoms in total. The van der Waals surface area contributed by atoms with E-state index in [0.29, 0.717) is 12.0 Å². The number of ether oxygens (including phenoxy) is 2. The van der Waals surface area contributed by atoms with Crippen molar-refractivity contribution in [2.24, 2.45) is 5.92 Å². The van der Waals surface area contributed by atoms with E-state index in [9.17, 15) is 0 Å². The molecule has 2 aliphatic heterocycles. The van der Waals surface area contributed by atoms with Gasteiger partial charge in [-0.3, -0.25) is 0 Å². The van der Waals surface area contributed by atoms with Crippen molar-refractivity contribution in [2.75, 3.05) is 27.3 Å². The Kier molecular flexibility index (Phi) is 4.19. The highest BCUT2D eigenvalue weighted by molar-refractivity contribution is 5.85. The van der Waals surface area contributed by atoms with Gasteiger partial charge in [0.2, 0.25) is 0 Å². The Morgan fingerprint density at radius 3 is 2.83 bits per heavy atom. The summed E-state index contributed by atoms with van der Waals surface area (Å²) in [6, 6.07) is 7.32. The third-order valence-corrected chi connectivity index (χ3v) is 6.37. The Hall–Kier alpha value is -0.770. The molecule has 4 heteroatoms. The van der Waals surface area contributed by atoms with Gasteiger partial charge < -0.3 is 14.4 Å². The largest absolute Gasteiger partial charge is 0.497 e. The van der Waals surface area contributed by atoms with Crippen LogP contribution in [-0.4, -0.2) is 43.9 Å². The zero-order valence-electron chi connectivity index (χ0n) is 14.6. The average Bonchev–Trinajstić information content (AvgIpc) is 2.50. The Balaban J connectivity index is 0.00000156. The van der Waals surface area contributed by atoms with E-state index in [-0.39, 0.29) is 23.4 Å². The number of likely N-dealkylation sites (tertiary alicyclic amines) is 1. The molecule has 1 aromatic rings. The van der Waals surface area contributed by atoms with Crippen molar-refractivity contribution >= 4 is 12.4 Å². The van der Waals surface area contributed by atoms with Gasteiger partial charge in [0.15, 0.2) is 0 Å². The van der Waals surface area contributed by atoms with Crippen LogP contribution in [0, 0.1) is 5.92 Å². The minimum absolute atomic E-state index is 0. The number of likely N-dealkylation sites (N-methyl/N-ethyl adjacent to an activating group) is 1. The van der Waals surface area contributed by atoms with Gasteiger partial charge in [-0.2, -0.15) is 0 Å². The van der Waals surface area contributed by atoms with Crippen molar-refractivity contribution in [3.63, 3.8) is 0 Å². The molecular weight excluding hydrogens is 310 g/mol. The van der Waals surface area contributed by atoms with Crippen molar-refractivity contribution in [3.8, 4) is 5.75 Å². The molecule has 4 rings (SSSR count). The fourth-order valence-corrected chi connectivity index (χ4v) is 5.09. The lowest BCUT2D eigenvalue weighted by atomic mass is 9.54. The van der Waals surface area contributed by atoms with Gasteiger partial charge >= 0.3 is 0 Å². The second kappa shape index (κ2) is 5.65. The second-order valence-corrected chi connectivity index (χ2v) is 8.04. The highest BCUT2D eigenvalue weighted by atomic mass is 35.5. The summed E-state index contributed by atoms with van der Waals surface area (Å²) in [4.78, 5) is 2.58. The number of rotatable bonds is 1. The SMILES string of the molecule is COc1ccc2c(c1)[C@]13CCN(C)[C@H](C2)[C@@H]1CC(C)(C)OC3.Cl. The van der Waals surface area contributed by atoms with Gasteiger partial charge in [0.05, 0.1) is 19.3 Å². The number of benzene rings is 1. The highest BCUT2D eigenvalue weighted by Crippen LogP contribution is 2.55. The number of piperidine rings is 1. The van der Waals surface area contributed by atoms with Crippen LogP contribution in [0.3, 0.4) is 0 Å². The van der Waals surface area contributed by atoms with E-state index in [1.807, 2.05) is 0 Å². The number of halogens is 1. The van der Waals surface area contributed by atoms with Gasteiger partial charge in [0.1, 0.15) is 5.75 Å². The zero-order chi connectivity index (χ0) is 15.5. The molecule has 1 aliphatic carbocycles. The summed E-state index contributed by atoms with van der Waals surface area (Å²) in [6.45, 7) is 6.52. The van der Waals surface area contributed by atoms with Crippen molar-refractivity contribution in [1.29, 1.82) is 0 Å². The maximum Gasteiger partial charge on any atom is 0.119 e. The van der Waals surface area contributed by atoms with Crippen LogP contribution in [0.1, 0.15) is 37.8 Å². The van der Waals surface area contributed by atoms with Crippen molar-refractivity contribution in [1.82, 2.24) is 4.90 Å². The molecule has 3 aliphatic rings. The summed E-state index contributed by atoms with van der Waals surface area (Å²) in [7, 11) is 4.06. The Morgan fingerprint density at radius 2 is 2.09 bits per heavy atom. The fourth-order valence-electron chi connectivity index (χ4n) is 5.09. The van der Waals surface area contributed by atoms with E-state index in [0.717, 1.165) is 18.8 Å². The normalized spacial score (nSPS) is 34.8. The molecule has 2 heterocycles. The van der Waals surface area contributed by atoms with Gasteiger partial charge in [0, 0.05) is 11.5 Å². The second-order valence-electron chi connectivity index (χ2n) is 8.04. The molecule has 0 aromatic heterocycles. The summed E-state index contributed by atoms with van der Waals surface area (Å²) >= 11 is 0. The third-order valence-electron chi connectivity index (χ3n) is 6.37. The lowest BCUT2D eigenvalue weighted by Gasteiger charge is -2.60. The van der Waals surface area contributed by atoms with Crippen LogP contribution in [0.25, 0.3) is 0 Å². The molecule has 2 bridgehead atoms. The maximum absolute atomic E-state index is 6.32. The van der Waals surface area contributed by atoms with Crippen LogP contribution in [-0.2, 0) is 16.6 Å². The third kappa shape index (κ3) is 2.48. The van der Waals surface area contributed by atoms with Gasteiger partial charge in [-0.15, -0.1) is 12.4 Å². The summed E-state index contributed by atoms with van der Waals surface area (Å²) in [5.74, 6) is 1.67. The van der Waals surface area contributed by atoms with Gasteiger partial charge in [-0.25, -0.2) is 0 Å². The topological polar surface area (TPSA) is 21.7 Å². The smallest absolute Gasteiger partial charge is 0.119 e. The van der Waals surface area contributed by atoms with Crippen LogP contribution >= 0.6 is 12.4 Å². The lowest BCUT2D eigenvalue weighted by Crippen LogP contribution is -2.64. The van der Waals surface area contributed by atoms with E-state index in [4.69, 9.17) is 9.47 Å². The maximum atomic E-state index is 6.32. The summed E-state index contributed by atoms with van der Waals surface area (Å²) in [5, 5.41) is 0.